The molecule has 0 aliphatic rings. The second kappa shape index (κ2) is 36.6. The van der Waals surface area contributed by atoms with Crippen LogP contribution in [0.3, 0.4) is 0 Å². The van der Waals surface area contributed by atoms with Gasteiger partial charge in [-0.15, -0.1) is 0 Å². The van der Waals surface area contributed by atoms with Gasteiger partial charge in [-0.1, -0.05) is 33.1 Å². The highest BCUT2D eigenvalue weighted by molar-refractivity contribution is 6.60. The Morgan fingerprint density at radius 1 is 0.571 bits per heavy atom. The Morgan fingerprint density at radius 3 is 1.54 bits per heavy atom. The Hall–Kier alpha value is -0.246. The average molecular weight is 848 g/mol. The third kappa shape index (κ3) is 27.5. The van der Waals surface area contributed by atoms with E-state index in [9.17, 15) is 15.3 Å². The second-order valence-electron chi connectivity index (χ2n) is 14.2. The number of rotatable bonds is 43. The third-order valence-electron chi connectivity index (χ3n) is 9.82. The summed E-state index contributed by atoms with van der Waals surface area (Å²) in [5, 5.41) is 38.8. The van der Waals surface area contributed by atoms with E-state index in [0.29, 0.717) is 129 Å². The van der Waals surface area contributed by atoms with Gasteiger partial charge in [0, 0.05) is 147 Å². The Bertz CT molecular complexity index is 845. The fourth-order valence-corrected chi connectivity index (χ4v) is 9.60. The van der Waals surface area contributed by atoms with E-state index < -0.39 is 35.9 Å². The molecule has 17 nitrogen and oxygen atoms in total. The van der Waals surface area contributed by atoms with Crippen LogP contribution < -0.4 is 16.4 Å². The van der Waals surface area contributed by atoms with Crippen LogP contribution in [-0.4, -0.2) is 215 Å². The predicted molar refractivity (Wildman–Crippen MR) is 224 cm³/mol. The van der Waals surface area contributed by atoms with Crippen molar-refractivity contribution in [3.05, 3.63) is 0 Å². The fourth-order valence-electron chi connectivity index (χ4n) is 6.22. The maximum atomic E-state index is 10.9. The van der Waals surface area contributed by atoms with Crippen LogP contribution in [0.1, 0.15) is 52.4 Å². The van der Waals surface area contributed by atoms with E-state index in [-0.39, 0.29) is 13.2 Å². The summed E-state index contributed by atoms with van der Waals surface area (Å²) in [6.45, 7) is 13.4. The number of ether oxygens (including phenoxy) is 3. The summed E-state index contributed by atoms with van der Waals surface area (Å²) in [5.41, 5.74) is 5.96. The molecule has 0 saturated carbocycles. The molecule has 0 aromatic heterocycles. The van der Waals surface area contributed by atoms with Crippen molar-refractivity contribution in [1.82, 2.24) is 20.4 Å². The van der Waals surface area contributed by atoms with Crippen LogP contribution in [-0.2, 0) is 40.8 Å². The number of hydrogen-bond donors (Lipinski definition) is 6. The molecule has 0 saturated heterocycles. The summed E-state index contributed by atoms with van der Waals surface area (Å²) >= 11 is 0. The Labute approximate surface area is 342 Å². The van der Waals surface area contributed by atoms with E-state index in [1.54, 1.807) is 42.7 Å². The summed E-state index contributed by atoms with van der Waals surface area (Å²) < 4.78 is 50.1. The lowest BCUT2D eigenvalue weighted by Crippen LogP contribution is -2.46. The van der Waals surface area contributed by atoms with Gasteiger partial charge in [0.05, 0.1) is 38.1 Å². The number of aliphatic hydroxyl groups excluding tert-OH is 3. The molecule has 4 atom stereocenters. The highest BCUT2D eigenvalue weighted by Gasteiger charge is 2.37. The van der Waals surface area contributed by atoms with Crippen LogP contribution in [0, 0.1) is 5.92 Å². The molecule has 338 valence electrons. The zero-order valence-electron chi connectivity index (χ0n) is 36.5. The highest BCUT2D eigenvalue weighted by Crippen LogP contribution is 2.16. The van der Waals surface area contributed by atoms with Gasteiger partial charge in [-0.2, -0.15) is 0 Å². The molecule has 0 amide bonds. The van der Waals surface area contributed by atoms with Gasteiger partial charge in [0.2, 0.25) is 0 Å². The topological polar surface area (TPSA) is 200 Å². The van der Waals surface area contributed by atoms with Crippen LogP contribution in [0.5, 0.6) is 0 Å². The minimum atomic E-state index is -2.66. The number of nitrogens with zero attached hydrogens (tertiary/aromatic N) is 2. The molecule has 4 unspecified atom stereocenters. The predicted octanol–water partition coefficient (Wildman–Crippen LogP) is 0.614. The molecule has 0 aromatic carbocycles. The zero-order chi connectivity index (χ0) is 41.9. The number of nitrogens with one attached hydrogen (secondary N) is 2. The van der Waals surface area contributed by atoms with Crippen molar-refractivity contribution in [2.24, 2.45) is 11.7 Å². The lowest BCUT2D eigenvalue weighted by molar-refractivity contribution is -0.00121. The molecule has 0 bridgehead atoms. The van der Waals surface area contributed by atoms with Crippen LogP contribution >= 0.6 is 0 Å². The third-order valence-corrected chi connectivity index (χ3v) is 15.5. The Balaban J connectivity index is 4.86. The number of hydrogen-bond acceptors (Lipinski definition) is 17. The zero-order valence-corrected chi connectivity index (χ0v) is 38.5. The van der Waals surface area contributed by atoms with Crippen LogP contribution in [0.25, 0.3) is 0 Å². The van der Waals surface area contributed by atoms with Gasteiger partial charge >= 0.3 is 17.6 Å². The van der Waals surface area contributed by atoms with E-state index in [1.807, 2.05) is 0 Å². The molecule has 0 rings (SSSR count). The van der Waals surface area contributed by atoms with E-state index in [2.05, 4.69) is 34.3 Å². The molecule has 0 aromatic rings. The maximum absolute atomic E-state index is 10.9. The first-order chi connectivity index (χ1) is 27.0. The van der Waals surface area contributed by atoms with Crippen LogP contribution in [0.4, 0.5) is 0 Å². The molecule has 0 heterocycles. The number of aliphatic hydroxyl groups is 3. The van der Waals surface area contributed by atoms with Gasteiger partial charge in [0.25, 0.3) is 0 Å². The molecular formula is C37H85N5O12Si2. The Kier molecular flexibility index (Phi) is 36.4. The number of nitrogens with two attached hydrogens (primary N) is 1. The van der Waals surface area contributed by atoms with Crippen molar-refractivity contribution in [1.29, 1.82) is 0 Å². The molecule has 7 N–H and O–H groups in total. The molecular weight excluding hydrogens is 763 g/mol. The minimum absolute atomic E-state index is 0.205. The monoisotopic (exact) mass is 848 g/mol. The van der Waals surface area contributed by atoms with Crippen molar-refractivity contribution in [3.63, 3.8) is 0 Å². The summed E-state index contributed by atoms with van der Waals surface area (Å²) in [5.74, 6) is 0.525. The van der Waals surface area contributed by atoms with E-state index in [1.165, 1.54) is 12.8 Å². The van der Waals surface area contributed by atoms with Crippen molar-refractivity contribution < 1.29 is 56.1 Å². The first kappa shape index (κ1) is 55.8. The fraction of sp³-hybridized carbons (Fsp3) is 1.00. The largest absolute Gasteiger partial charge is 0.500 e. The quantitative estimate of drug-likeness (QED) is 0.0368. The molecule has 56 heavy (non-hydrogen) atoms. The van der Waals surface area contributed by atoms with Crippen LogP contribution in [0.2, 0.25) is 12.1 Å². The minimum Gasteiger partial charge on any atom is -0.389 e. The van der Waals surface area contributed by atoms with Gasteiger partial charge in [-0.3, -0.25) is 9.80 Å². The van der Waals surface area contributed by atoms with Gasteiger partial charge in [-0.25, -0.2) is 0 Å². The van der Waals surface area contributed by atoms with Gasteiger partial charge in [0.1, 0.15) is 0 Å². The van der Waals surface area contributed by atoms with E-state index >= 15 is 0 Å². The lowest BCUT2D eigenvalue weighted by atomic mass is 10.0. The standard InChI is InChI=1S/C37H85N5O12Si2/c1-9-11-14-34(10-2)30-54-33-37(45)28-41(19-15-38)21-22-42(29-36(44)32-53-24-13-26-56(49-6,50-7)51-8)20-18-39-16-17-40-27-35(43)31-52-23-12-25-55(46-3,47-4)48-5/h34-37,39-40,43-45H,9-33,38H2,1-8H3. The van der Waals surface area contributed by atoms with Crippen molar-refractivity contribution in [3.8, 4) is 0 Å². The first-order valence-corrected chi connectivity index (χ1v) is 24.6. The van der Waals surface area contributed by atoms with Crippen molar-refractivity contribution >= 4 is 17.6 Å². The highest BCUT2D eigenvalue weighted by atomic mass is 28.4. The first-order valence-electron chi connectivity index (χ1n) is 20.7. The molecule has 0 fully saturated rings. The lowest BCUT2D eigenvalue weighted by Gasteiger charge is -2.30. The summed E-state index contributed by atoms with van der Waals surface area (Å²) in [6, 6.07) is 1.27. The van der Waals surface area contributed by atoms with Gasteiger partial charge in [-0.05, 0) is 25.2 Å². The number of unbranched alkanes of at least 4 members (excludes halogenated alkanes) is 1. The van der Waals surface area contributed by atoms with Gasteiger partial charge in [0.15, 0.2) is 0 Å². The summed E-state index contributed by atoms with van der Waals surface area (Å²) in [4.78, 5) is 4.37. The summed E-state index contributed by atoms with van der Waals surface area (Å²) in [6.07, 6.45) is 4.11. The SMILES string of the molecule is CCCCC(CC)COCC(O)CN(CCN)CCN(CCNCCNCC(O)COCCC[Si](OC)(OC)OC)CC(O)COCCC[Si](OC)(OC)OC. The van der Waals surface area contributed by atoms with E-state index in [4.69, 9.17) is 46.5 Å². The molecule has 19 heteroatoms. The van der Waals surface area contributed by atoms with E-state index in [0.717, 1.165) is 12.8 Å². The normalized spacial score (nSPS) is 14.9. The smallest absolute Gasteiger partial charge is 0.389 e. The second-order valence-corrected chi connectivity index (χ2v) is 20.4. The van der Waals surface area contributed by atoms with Crippen molar-refractivity contribution in [2.45, 2.75) is 82.8 Å². The average Bonchev–Trinajstić information content (AvgIpc) is 3.20. The molecule has 0 spiro atoms. The molecule has 0 aliphatic carbocycles. The maximum Gasteiger partial charge on any atom is 0.500 e. The van der Waals surface area contributed by atoms with Gasteiger partial charge < -0.3 is 72.5 Å². The van der Waals surface area contributed by atoms with Crippen molar-refractivity contribution in [2.75, 3.05) is 154 Å². The molecule has 0 radical (unpaired) electrons. The van der Waals surface area contributed by atoms with Crippen LogP contribution in [0.15, 0.2) is 0 Å². The Morgan fingerprint density at radius 2 is 1.05 bits per heavy atom. The molecule has 0 aliphatic heterocycles. The summed E-state index contributed by atoms with van der Waals surface area (Å²) in [7, 11) is 4.28.